The van der Waals surface area contributed by atoms with Crippen LogP contribution in [0.4, 0.5) is 4.39 Å². The van der Waals surface area contributed by atoms with Crippen LogP contribution in [0.2, 0.25) is 5.02 Å². The van der Waals surface area contributed by atoms with Crippen molar-refractivity contribution in [1.29, 1.82) is 0 Å². The van der Waals surface area contributed by atoms with Crippen LogP contribution in [0.25, 0.3) is 11.1 Å². The molecule has 1 heterocycles. The quantitative estimate of drug-likeness (QED) is 0.826. The van der Waals surface area contributed by atoms with E-state index < -0.39 is 5.82 Å². The Labute approximate surface area is 90.5 Å². The Balaban J connectivity index is 2.50. The molecule has 1 aromatic heterocycles. The average molecular weight is 227 g/mol. The third-order valence-corrected chi connectivity index (χ3v) is 2.40. The summed E-state index contributed by atoms with van der Waals surface area (Å²) >= 11 is 5.66. The number of aromatic nitrogens is 2. The van der Waals surface area contributed by atoms with Crippen LogP contribution in [0.5, 0.6) is 0 Å². The molecule has 2 N–H and O–H groups in total. The van der Waals surface area contributed by atoms with Crippen LogP contribution in [-0.2, 0) is 6.61 Å². The molecule has 3 nitrogen and oxygen atoms in total. The van der Waals surface area contributed by atoms with Crippen molar-refractivity contribution in [3.05, 3.63) is 40.9 Å². The molecule has 5 heteroatoms. The standard InChI is InChI=1S/C10H8ClFN2O/c11-8-3-6(1-2-9(8)12)7-4-13-14-10(7)5-15/h1-4,15H,5H2,(H,13,14). The maximum atomic E-state index is 12.9. The van der Waals surface area contributed by atoms with Crippen LogP contribution in [0.3, 0.4) is 0 Å². The summed E-state index contributed by atoms with van der Waals surface area (Å²) < 4.78 is 12.9. The number of H-pyrrole nitrogens is 1. The molecule has 0 aliphatic heterocycles. The Kier molecular flexibility index (Phi) is 2.70. The smallest absolute Gasteiger partial charge is 0.141 e. The highest BCUT2D eigenvalue weighted by Crippen LogP contribution is 2.26. The van der Waals surface area contributed by atoms with Gasteiger partial charge in [0, 0.05) is 5.56 Å². The Morgan fingerprint density at radius 1 is 1.47 bits per heavy atom. The van der Waals surface area contributed by atoms with Crippen molar-refractivity contribution in [3.63, 3.8) is 0 Å². The fourth-order valence-corrected chi connectivity index (χ4v) is 1.53. The van der Waals surface area contributed by atoms with Crippen molar-refractivity contribution in [1.82, 2.24) is 10.2 Å². The summed E-state index contributed by atoms with van der Waals surface area (Å²) in [4.78, 5) is 0. The minimum absolute atomic E-state index is 0.0533. The number of benzene rings is 1. The van der Waals surface area contributed by atoms with Gasteiger partial charge in [0.1, 0.15) is 5.82 Å². The van der Waals surface area contributed by atoms with Crippen LogP contribution >= 0.6 is 11.6 Å². The lowest BCUT2D eigenvalue weighted by Crippen LogP contribution is -1.87. The number of rotatable bonds is 2. The van der Waals surface area contributed by atoms with E-state index in [1.165, 1.54) is 12.1 Å². The number of aliphatic hydroxyl groups excluding tert-OH is 1. The molecular weight excluding hydrogens is 219 g/mol. The third-order valence-electron chi connectivity index (χ3n) is 2.11. The molecular formula is C10H8ClFN2O. The second kappa shape index (κ2) is 4.00. The van der Waals surface area contributed by atoms with Crippen LogP contribution in [-0.4, -0.2) is 15.3 Å². The van der Waals surface area contributed by atoms with Crippen molar-refractivity contribution >= 4 is 11.6 Å². The molecule has 0 saturated heterocycles. The Morgan fingerprint density at radius 2 is 2.27 bits per heavy atom. The molecule has 2 rings (SSSR count). The minimum atomic E-state index is -0.463. The summed E-state index contributed by atoms with van der Waals surface area (Å²) in [5.41, 5.74) is 2.02. The molecule has 78 valence electrons. The summed E-state index contributed by atoms with van der Waals surface area (Å²) in [5.74, 6) is -0.463. The number of halogens is 2. The molecule has 0 radical (unpaired) electrons. The van der Waals surface area contributed by atoms with E-state index in [0.717, 1.165) is 11.1 Å². The summed E-state index contributed by atoms with van der Waals surface area (Å²) in [7, 11) is 0. The molecule has 0 unspecified atom stereocenters. The van der Waals surface area contributed by atoms with Gasteiger partial charge in [-0.15, -0.1) is 0 Å². The normalized spacial score (nSPS) is 10.6. The third kappa shape index (κ3) is 1.86. The molecule has 0 saturated carbocycles. The van der Waals surface area contributed by atoms with E-state index >= 15 is 0 Å². The lowest BCUT2D eigenvalue weighted by atomic mass is 10.1. The zero-order valence-corrected chi connectivity index (χ0v) is 8.42. The molecule has 0 spiro atoms. The Hall–Kier alpha value is -1.39. The van der Waals surface area contributed by atoms with Crippen LogP contribution in [0.1, 0.15) is 5.69 Å². The number of aromatic amines is 1. The number of nitrogens with zero attached hydrogens (tertiary/aromatic N) is 1. The van der Waals surface area contributed by atoms with E-state index in [9.17, 15) is 4.39 Å². The molecule has 0 atom stereocenters. The first-order valence-electron chi connectivity index (χ1n) is 4.31. The van der Waals surface area contributed by atoms with Gasteiger partial charge < -0.3 is 5.11 Å². The first-order valence-corrected chi connectivity index (χ1v) is 4.68. The molecule has 15 heavy (non-hydrogen) atoms. The van der Waals surface area contributed by atoms with E-state index in [1.807, 2.05) is 0 Å². The summed E-state index contributed by atoms with van der Waals surface area (Å²) in [5, 5.41) is 15.5. The molecule has 0 amide bonds. The number of hydrogen-bond acceptors (Lipinski definition) is 2. The topological polar surface area (TPSA) is 48.9 Å². The maximum Gasteiger partial charge on any atom is 0.141 e. The van der Waals surface area contributed by atoms with Gasteiger partial charge in [-0.2, -0.15) is 5.10 Å². The van der Waals surface area contributed by atoms with Gasteiger partial charge in [0.15, 0.2) is 0 Å². The van der Waals surface area contributed by atoms with E-state index in [1.54, 1.807) is 12.3 Å². The van der Waals surface area contributed by atoms with Gasteiger partial charge >= 0.3 is 0 Å². The summed E-state index contributed by atoms with van der Waals surface area (Å²) in [6.45, 7) is -0.148. The van der Waals surface area contributed by atoms with Gasteiger partial charge in [-0.05, 0) is 17.7 Å². The predicted octanol–water partition coefficient (Wildman–Crippen LogP) is 2.36. The first-order chi connectivity index (χ1) is 7.22. The van der Waals surface area contributed by atoms with E-state index in [-0.39, 0.29) is 11.6 Å². The number of aliphatic hydroxyl groups is 1. The highest BCUT2D eigenvalue weighted by molar-refractivity contribution is 6.31. The number of nitrogens with one attached hydrogen (secondary N) is 1. The maximum absolute atomic E-state index is 12.9. The van der Waals surface area contributed by atoms with E-state index in [2.05, 4.69) is 10.2 Å². The van der Waals surface area contributed by atoms with Gasteiger partial charge in [-0.25, -0.2) is 4.39 Å². The Morgan fingerprint density at radius 3 is 2.93 bits per heavy atom. The lowest BCUT2D eigenvalue weighted by Gasteiger charge is -2.01. The molecule has 0 aliphatic rings. The fraction of sp³-hybridized carbons (Fsp3) is 0.100. The Bertz CT molecular complexity index is 484. The lowest BCUT2D eigenvalue weighted by molar-refractivity contribution is 0.277. The zero-order chi connectivity index (χ0) is 10.8. The second-order valence-corrected chi connectivity index (χ2v) is 3.46. The summed E-state index contributed by atoms with van der Waals surface area (Å²) in [6.07, 6.45) is 1.56. The average Bonchev–Trinajstić information content (AvgIpc) is 2.70. The van der Waals surface area contributed by atoms with Gasteiger partial charge in [0.05, 0.1) is 23.5 Å². The summed E-state index contributed by atoms with van der Waals surface area (Å²) in [6, 6.07) is 4.37. The van der Waals surface area contributed by atoms with Crippen LogP contribution in [0, 0.1) is 5.82 Å². The highest BCUT2D eigenvalue weighted by Gasteiger charge is 2.08. The van der Waals surface area contributed by atoms with E-state index in [4.69, 9.17) is 16.7 Å². The van der Waals surface area contributed by atoms with Crippen molar-refractivity contribution in [2.75, 3.05) is 0 Å². The highest BCUT2D eigenvalue weighted by atomic mass is 35.5. The first kappa shape index (κ1) is 10.1. The van der Waals surface area contributed by atoms with Crippen molar-refractivity contribution in [2.45, 2.75) is 6.61 Å². The van der Waals surface area contributed by atoms with Gasteiger partial charge in [0.25, 0.3) is 0 Å². The monoisotopic (exact) mass is 226 g/mol. The molecule has 0 aliphatic carbocycles. The molecule has 1 aromatic carbocycles. The predicted molar refractivity (Wildman–Crippen MR) is 54.9 cm³/mol. The number of hydrogen-bond donors (Lipinski definition) is 2. The van der Waals surface area contributed by atoms with E-state index in [0.29, 0.717) is 5.69 Å². The van der Waals surface area contributed by atoms with Gasteiger partial charge in [-0.1, -0.05) is 17.7 Å². The largest absolute Gasteiger partial charge is 0.390 e. The molecule has 0 fully saturated rings. The molecule has 2 aromatic rings. The molecule has 0 bridgehead atoms. The second-order valence-electron chi connectivity index (χ2n) is 3.05. The minimum Gasteiger partial charge on any atom is -0.390 e. The van der Waals surface area contributed by atoms with Crippen molar-refractivity contribution in [2.24, 2.45) is 0 Å². The van der Waals surface area contributed by atoms with Crippen molar-refractivity contribution < 1.29 is 9.50 Å². The fourth-order valence-electron chi connectivity index (χ4n) is 1.35. The zero-order valence-electron chi connectivity index (χ0n) is 7.67. The van der Waals surface area contributed by atoms with Crippen LogP contribution < -0.4 is 0 Å². The van der Waals surface area contributed by atoms with Crippen LogP contribution in [0.15, 0.2) is 24.4 Å². The van der Waals surface area contributed by atoms with Crippen molar-refractivity contribution in [3.8, 4) is 11.1 Å². The van der Waals surface area contributed by atoms with Gasteiger partial charge in [-0.3, -0.25) is 5.10 Å². The van der Waals surface area contributed by atoms with Gasteiger partial charge in [0.2, 0.25) is 0 Å². The SMILES string of the molecule is OCc1[nH]ncc1-c1ccc(F)c(Cl)c1.